The summed E-state index contributed by atoms with van der Waals surface area (Å²) in [4.78, 5) is 18.5. The number of nitrogens with zero attached hydrogens (tertiary/aromatic N) is 4. The molecule has 0 amide bonds. The van der Waals surface area contributed by atoms with Gasteiger partial charge in [-0.2, -0.15) is 5.26 Å². The Hall–Kier alpha value is -2.88. The van der Waals surface area contributed by atoms with Gasteiger partial charge in [0.2, 0.25) is 0 Å². The van der Waals surface area contributed by atoms with Crippen LogP contribution in [0.15, 0.2) is 30.7 Å². The van der Waals surface area contributed by atoms with Crippen LogP contribution in [0.5, 0.6) is 0 Å². The molecule has 2 heterocycles. The first-order valence-electron chi connectivity index (χ1n) is 5.55. The van der Waals surface area contributed by atoms with Gasteiger partial charge >= 0.3 is 5.97 Å². The number of nitriles is 1. The Balaban J connectivity index is 1.89. The van der Waals surface area contributed by atoms with Gasteiger partial charge in [0, 0.05) is 19.3 Å². The van der Waals surface area contributed by atoms with E-state index in [2.05, 4.69) is 15.3 Å². The molecule has 0 aliphatic rings. The Labute approximate surface area is 109 Å². The molecule has 0 fully saturated rings. The van der Waals surface area contributed by atoms with Crippen molar-refractivity contribution in [1.82, 2.24) is 14.5 Å². The number of carbonyl (C=O) groups is 1. The van der Waals surface area contributed by atoms with E-state index in [4.69, 9.17) is 10.4 Å². The van der Waals surface area contributed by atoms with Crippen LogP contribution in [0.25, 0.3) is 0 Å². The molecule has 0 atom stereocenters. The van der Waals surface area contributed by atoms with Gasteiger partial charge < -0.3 is 15.0 Å². The van der Waals surface area contributed by atoms with E-state index in [1.54, 1.807) is 22.8 Å². The molecule has 0 spiro atoms. The lowest BCUT2D eigenvalue weighted by atomic mass is 10.3. The first-order valence-corrected chi connectivity index (χ1v) is 5.55. The number of aromatic nitrogens is 3. The predicted molar refractivity (Wildman–Crippen MR) is 66.6 cm³/mol. The number of anilines is 1. The Morgan fingerprint density at radius 3 is 3.05 bits per heavy atom. The monoisotopic (exact) mass is 257 g/mol. The quantitative estimate of drug-likeness (QED) is 0.826. The number of carboxylic acids is 1. The Morgan fingerprint density at radius 2 is 2.37 bits per heavy atom. The van der Waals surface area contributed by atoms with Gasteiger partial charge in [-0.05, 0) is 12.1 Å². The number of nitrogens with one attached hydrogen (secondary N) is 1. The third kappa shape index (κ3) is 3.29. The zero-order chi connectivity index (χ0) is 13.7. The highest BCUT2D eigenvalue weighted by molar-refractivity contribution is 5.84. The predicted octanol–water partition coefficient (Wildman–Crippen LogP) is 0.960. The Bertz CT molecular complexity index is 629. The second kappa shape index (κ2) is 5.64. The number of aromatic carboxylic acids is 1. The van der Waals surface area contributed by atoms with Crippen molar-refractivity contribution in [1.29, 1.82) is 5.26 Å². The van der Waals surface area contributed by atoms with Crippen molar-refractivity contribution in [3.63, 3.8) is 0 Å². The molecular formula is C12H11N5O2. The van der Waals surface area contributed by atoms with E-state index in [0.29, 0.717) is 24.6 Å². The first-order chi connectivity index (χ1) is 9.19. The Morgan fingerprint density at radius 1 is 1.53 bits per heavy atom. The van der Waals surface area contributed by atoms with Crippen LogP contribution in [0.3, 0.4) is 0 Å². The van der Waals surface area contributed by atoms with E-state index in [9.17, 15) is 4.79 Å². The van der Waals surface area contributed by atoms with Crippen molar-refractivity contribution >= 4 is 11.8 Å². The Kier molecular flexibility index (Phi) is 3.73. The number of hydrogen-bond donors (Lipinski definition) is 2. The van der Waals surface area contributed by atoms with Gasteiger partial charge in [-0.3, -0.25) is 0 Å². The van der Waals surface area contributed by atoms with Crippen LogP contribution in [0.1, 0.15) is 16.2 Å². The molecule has 0 saturated heterocycles. The lowest BCUT2D eigenvalue weighted by molar-refractivity contribution is 0.0691. The molecular weight excluding hydrogens is 246 g/mol. The molecule has 0 saturated carbocycles. The standard InChI is InChI=1S/C12H11N5O2/c13-6-9-2-1-3-11(16-9)14-4-5-17-7-10(12(18)19)15-8-17/h1-3,7-8H,4-5H2,(H,14,16)(H,18,19). The van der Waals surface area contributed by atoms with E-state index in [1.165, 1.54) is 12.5 Å². The number of carboxylic acid groups (broad SMARTS) is 1. The van der Waals surface area contributed by atoms with Gasteiger partial charge in [0.15, 0.2) is 5.69 Å². The maximum Gasteiger partial charge on any atom is 0.356 e. The van der Waals surface area contributed by atoms with E-state index in [1.807, 2.05) is 6.07 Å². The molecule has 2 aromatic rings. The lowest BCUT2D eigenvalue weighted by Crippen LogP contribution is -2.10. The van der Waals surface area contributed by atoms with Gasteiger partial charge in [0.05, 0.1) is 6.33 Å². The highest BCUT2D eigenvalue weighted by Gasteiger charge is 2.05. The van der Waals surface area contributed by atoms with Gasteiger partial charge in [0.1, 0.15) is 17.6 Å². The van der Waals surface area contributed by atoms with Crippen LogP contribution >= 0.6 is 0 Å². The third-order valence-electron chi connectivity index (χ3n) is 2.39. The number of pyridine rings is 1. The van der Waals surface area contributed by atoms with E-state index in [0.717, 1.165) is 0 Å². The topological polar surface area (TPSA) is 104 Å². The zero-order valence-corrected chi connectivity index (χ0v) is 9.95. The largest absolute Gasteiger partial charge is 0.476 e. The fourth-order valence-electron chi connectivity index (χ4n) is 1.50. The van der Waals surface area contributed by atoms with Crippen LogP contribution in [0, 0.1) is 11.3 Å². The fourth-order valence-corrected chi connectivity index (χ4v) is 1.50. The molecule has 0 aromatic carbocycles. The molecule has 7 nitrogen and oxygen atoms in total. The molecule has 0 aliphatic carbocycles. The summed E-state index contributed by atoms with van der Waals surface area (Å²) in [5, 5.41) is 20.5. The first kappa shape index (κ1) is 12.6. The summed E-state index contributed by atoms with van der Waals surface area (Å²) in [5.74, 6) is -0.437. The van der Waals surface area contributed by atoms with Crippen LogP contribution in [-0.4, -0.2) is 32.2 Å². The molecule has 2 N–H and O–H groups in total. The van der Waals surface area contributed by atoms with Crippen molar-refractivity contribution in [2.45, 2.75) is 6.54 Å². The fraction of sp³-hybridized carbons (Fsp3) is 0.167. The van der Waals surface area contributed by atoms with E-state index >= 15 is 0 Å². The summed E-state index contributed by atoms with van der Waals surface area (Å²) in [7, 11) is 0. The smallest absolute Gasteiger partial charge is 0.356 e. The molecule has 7 heteroatoms. The van der Waals surface area contributed by atoms with Gasteiger partial charge in [-0.1, -0.05) is 6.07 Å². The summed E-state index contributed by atoms with van der Waals surface area (Å²) in [6, 6.07) is 7.09. The average Bonchev–Trinajstić information content (AvgIpc) is 2.88. The SMILES string of the molecule is N#Cc1cccc(NCCn2cnc(C(=O)O)c2)n1. The maximum absolute atomic E-state index is 10.6. The summed E-state index contributed by atoms with van der Waals surface area (Å²) >= 11 is 0. The molecule has 2 rings (SSSR count). The van der Waals surface area contributed by atoms with Crippen LogP contribution < -0.4 is 5.32 Å². The van der Waals surface area contributed by atoms with Crippen molar-refractivity contribution in [3.8, 4) is 6.07 Å². The minimum Gasteiger partial charge on any atom is -0.476 e. The molecule has 96 valence electrons. The van der Waals surface area contributed by atoms with E-state index < -0.39 is 5.97 Å². The number of rotatable bonds is 5. The van der Waals surface area contributed by atoms with Gasteiger partial charge in [0.25, 0.3) is 0 Å². The van der Waals surface area contributed by atoms with Crippen LogP contribution in [0.4, 0.5) is 5.82 Å². The summed E-state index contributed by atoms with van der Waals surface area (Å²) < 4.78 is 1.67. The molecule has 0 aliphatic heterocycles. The average molecular weight is 257 g/mol. The molecule has 0 radical (unpaired) electrons. The highest BCUT2D eigenvalue weighted by Crippen LogP contribution is 2.03. The van der Waals surface area contributed by atoms with Crippen molar-refractivity contribution in [2.24, 2.45) is 0 Å². The molecule has 19 heavy (non-hydrogen) atoms. The van der Waals surface area contributed by atoms with Crippen LogP contribution in [0.2, 0.25) is 0 Å². The molecule has 2 aromatic heterocycles. The number of hydrogen-bond acceptors (Lipinski definition) is 5. The van der Waals surface area contributed by atoms with Crippen LogP contribution in [-0.2, 0) is 6.54 Å². The van der Waals surface area contributed by atoms with Crippen molar-refractivity contribution < 1.29 is 9.90 Å². The summed E-state index contributed by atoms with van der Waals surface area (Å²) in [6.45, 7) is 1.11. The summed E-state index contributed by atoms with van der Waals surface area (Å²) in [6.07, 6.45) is 2.92. The minimum absolute atomic E-state index is 0.0182. The highest BCUT2D eigenvalue weighted by atomic mass is 16.4. The lowest BCUT2D eigenvalue weighted by Gasteiger charge is -2.05. The summed E-state index contributed by atoms with van der Waals surface area (Å²) in [5.41, 5.74) is 0.366. The number of imidazole rings is 1. The normalized spacial score (nSPS) is 9.84. The molecule has 0 bridgehead atoms. The van der Waals surface area contributed by atoms with Gasteiger partial charge in [-0.25, -0.2) is 14.8 Å². The minimum atomic E-state index is -1.05. The third-order valence-corrected chi connectivity index (χ3v) is 2.39. The van der Waals surface area contributed by atoms with Crippen molar-refractivity contribution in [3.05, 3.63) is 42.1 Å². The maximum atomic E-state index is 10.6. The zero-order valence-electron chi connectivity index (χ0n) is 9.95. The second-order valence-corrected chi connectivity index (χ2v) is 3.75. The second-order valence-electron chi connectivity index (χ2n) is 3.75. The van der Waals surface area contributed by atoms with Crippen molar-refractivity contribution in [2.75, 3.05) is 11.9 Å². The van der Waals surface area contributed by atoms with Gasteiger partial charge in [-0.15, -0.1) is 0 Å². The molecule has 0 unspecified atom stereocenters. The van der Waals surface area contributed by atoms with E-state index in [-0.39, 0.29) is 5.69 Å².